The van der Waals surface area contributed by atoms with Crippen LogP contribution in [-0.2, 0) is 0 Å². The lowest BCUT2D eigenvalue weighted by molar-refractivity contribution is 0.0694. The summed E-state index contributed by atoms with van der Waals surface area (Å²) in [6.07, 6.45) is 4.82. The van der Waals surface area contributed by atoms with Gasteiger partial charge in [0.05, 0.1) is 0 Å². The molecular weight excluding hydrogens is 336 g/mol. The average molecular weight is 356 g/mol. The molecule has 1 aliphatic rings. The van der Waals surface area contributed by atoms with Gasteiger partial charge in [-0.1, -0.05) is 0 Å². The van der Waals surface area contributed by atoms with Crippen molar-refractivity contribution in [3.63, 3.8) is 0 Å². The van der Waals surface area contributed by atoms with E-state index in [0.29, 0.717) is 24.5 Å². The molecule has 2 N–H and O–H groups in total. The van der Waals surface area contributed by atoms with Crippen LogP contribution in [0.2, 0.25) is 0 Å². The minimum absolute atomic E-state index is 0.0762. The number of carboxylic acid groups (broad SMARTS) is 1. The lowest BCUT2D eigenvalue weighted by atomic mass is 10.1. The topological polar surface area (TPSA) is 102 Å². The summed E-state index contributed by atoms with van der Waals surface area (Å²) in [4.78, 5) is 23.6. The number of carbonyl (C=O) groups is 1. The first kappa shape index (κ1) is 17.7. The van der Waals surface area contributed by atoms with Gasteiger partial charge in [-0.2, -0.15) is 0 Å². The van der Waals surface area contributed by atoms with Crippen molar-refractivity contribution >= 4 is 35.5 Å². The van der Waals surface area contributed by atoms with Crippen molar-refractivity contribution in [3.8, 4) is 5.75 Å². The summed E-state index contributed by atoms with van der Waals surface area (Å²) in [5.74, 6) is -0.879. The third-order valence-corrected chi connectivity index (χ3v) is 4.04. The molecule has 0 bridgehead atoms. The van der Waals surface area contributed by atoms with Gasteiger partial charge >= 0.3 is 5.97 Å². The Hall–Kier alpha value is -3.13. The maximum atomic E-state index is 11.6. The van der Waals surface area contributed by atoms with Gasteiger partial charge in [0.2, 0.25) is 5.88 Å². The van der Waals surface area contributed by atoms with E-state index in [0.717, 1.165) is 5.56 Å². The standard InChI is InChI=1S/C18H20N4O4/c1-21(2)7-8-22(3)17-14(18(24)25)15(23)13(26-17)9-11-10-20-16-12(11)5-4-6-19-16/h4-6,9-10,23H,7-8H2,1-3H3,(H,24,25). The van der Waals surface area contributed by atoms with Gasteiger partial charge < -0.3 is 24.4 Å². The normalized spacial score (nSPS) is 14.2. The fourth-order valence-corrected chi connectivity index (χ4v) is 2.62. The van der Waals surface area contributed by atoms with Gasteiger partial charge in [0.1, 0.15) is 0 Å². The summed E-state index contributed by atoms with van der Waals surface area (Å²) >= 11 is 0. The first-order valence-corrected chi connectivity index (χ1v) is 8.04. The highest BCUT2D eigenvalue weighted by Gasteiger charge is 2.27. The number of hydrogen-bond donors (Lipinski definition) is 2. The molecule has 0 atom stereocenters. The van der Waals surface area contributed by atoms with E-state index in [4.69, 9.17) is 4.42 Å². The van der Waals surface area contributed by atoms with Crippen LogP contribution >= 0.6 is 0 Å². The Bertz CT molecular complexity index is 899. The van der Waals surface area contributed by atoms with E-state index in [9.17, 15) is 15.0 Å². The molecule has 0 saturated heterocycles. The predicted octanol–water partition coefficient (Wildman–Crippen LogP) is 2.33. The molecule has 0 aromatic carbocycles. The van der Waals surface area contributed by atoms with Crippen LogP contribution in [0.25, 0.3) is 11.6 Å². The molecule has 0 amide bonds. The molecule has 8 nitrogen and oxygen atoms in total. The minimum Gasteiger partial charge on any atom is -0.504 e. The Morgan fingerprint density at radius 2 is 2.08 bits per heavy atom. The zero-order valence-corrected chi connectivity index (χ0v) is 14.8. The Balaban J connectivity index is 1.99. The van der Waals surface area contributed by atoms with Crippen molar-refractivity contribution in [2.45, 2.75) is 0 Å². The Kier molecular flexibility index (Phi) is 4.77. The van der Waals surface area contributed by atoms with Gasteiger partial charge in [0, 0.05) is 43.7 Å². The molecule has 2 aromatic heterocycles. The molecule has 0 spiro atoms. The number of aromatic carboxylic acids is 1. The average Bonchev–Trinajstić information content (AvgIpc) is 3.15. The second-order valence-corrected chi connectivity index (χ2v) is 6.26. The first-order chi connectivity index (χ1) is 12.4. The molecule has 0 unspecified atom stereocenters. The summed E-state index contributed by atoms with van der Waals surface area (Å²) in [5.41, 5.74) is 1.23. The van der Waals surface area contributed by atoms with E-state index in [-0.39, 0.29) is 17.2 Å². The number of fused-ring (bicyclic) bond motifs is 1. The van der Waals surface area contributed by atoms with E-state index >= 15 is 0 Å². The molecule has 1 aliphatic heterocycles. The van der Waals surface area contributed by atoms with Crippen LogP contribution in [-0.4, -0.2) is 66.5 Å². The number of aromatic hydroxyl groups is 1. The van der Waals surface area contributed by atoms with Crippen molar-refractivity contribution in [2.24, 2.45) is 4.99 Å². The summed E-state index contributed by atoms with van der Waals surface area (Å²) in [5, 5.41) is 19.9. The molecular formula is C18H20N4O4. The first-order valence-electron chi connectivity index (χ1n) is 8.04. The SMILES string of the molecule is CN(C)CCN(C)c1oc(C=C2C=Nc3ncccc32)c(O)c1C(=O)O. The van der Waals surface area contributed by atoms with Gasteiger partial charge in [0.25, 0.3) is 0 Å². The van der Waals surface area contributed by atoms with Crippen molar-refractivity contribution < 1.29 is 19.4 Å². The number of nitrogens with zero attached hydrogens (tertiary/aromatic N) is 4. The van der Waals surface area contributed by atoms with Gasteiger partial charge in [0.15, 0.2) is 22.9 Å². The molecule has 0 aliphatic carbocycles. The van der Waals surface area contributed by atoms with E-state index in [1.54, 1.807) is 36.5 Å². The third kappa shape index (κ3) is 3.31. The van der Waals surface area contributed by atoms with E-state index < -0.39 is 11.7 Å². The number of allylic oxidation sites excluding steroid dienone is 1. The molecule has 8 heteroatoms. The number of rotatable bonds is 6. The molecule has 3 rings (SSSR count). The number of likely N-dealkylation sites (N-methyl/N-ethyl adjacent to an activating group) is 2. The quantitative estimate of drug-likeness (QED) is 0.819. The second kappa shape index (κ2) is 7.01. The third-order valence-electron chi connectivity index (χ3n) is 4.04. The summed E-state index contributed by atoms with van der Waals surface area (Å²) < 4.78 is 5.70. The van der Waals surface area contributed by atoms with Crippen LogP contribution in [0.5, 0.6) is 5.75 Å². The monoisotopic (exact) mass is 356 g/mol. The van der Waals surface area contributed by atoms with Crippen molar-refractivity contribution in [1.82, 2.24) is 9.88 Å². The van der Waals surface area contributed by atoms with E-state index in [1.807, 2.05) is 25.1 Å². The number of carboxylic acids is 1. The predicted molar refractivity (Wildman–Crippen MR) is 99.4 cm³/mol. The van der Waals surface area contributed by atoms with Crippen LogP contribution in [0, 0.1) is 0 Å². The maximum absolute atomic E-state index is 11.6. The number of aliphatic imine (C=N–C) groups is 1. The van der Waals surface area contributed by atoms with Crippen molar-refractivity contribution in [2.75, 3.05) is 39.1 Å². The van der Waals surface area contributed by atoms with Gasteiger partial charge in [-0.15, -0.1) is 0 Å². The number of anilines is 1. The van der Waals surface area contributed by atoms with E-state index in [1.165, 1.54) is 0 Å². The zero-order chi connectivity index (χ0) is 18.8. The largest absolute Gasteiger partial charge is 0.504 e. The molecule has 136 valence electrons. The number of hydrogen-bond acceptors (Lipinski definition) is 7. The van der Waals surface area contributed by atoms with Crippen LogP contribution in [0.1, 0.15) is 21.7 Å². The van der Waals surface area contributed by atoms with E-state index in [2.05, 4.69) is 9.98 Å². The highest BCUT2D eigenvalue weighted by Crippen LogP contribution is 2.39. The Labute approximate surface area is 150 Å². The highest BCUT2D eigenvalue weighted by molar-refractivity contribution is 6.21. The molecule has 3 heterocycles. The smallest absolute Gasteiger partial charge is 0.345 e. The molecule has 0 saturated carbocycles. The summed E-state index contributed by atoms with van der Waals surface area (Å²) in [6.45, 7) is 1.25. The Morgan fingerprint density at radius 1 is 1.31 bits per heavy atom. The lowest BCUT2D eigenvalue weighted by Crippen LogP contribution is -2.29. The highest BCUT2D eigenvalue weighted by atomic mass is 16.4. The molecule has 2 aromatic rings. The van der Waals surface area contributed by atoms with Crippen LogP contribution in [0.15, 0.2) is 27.7 Å². The summed E-state index contributed by atoms with van der Waals surface area (Å²) in [6, 6.07) is 3.63. The fourth-order valence-electron chi connectivity index (χ4n) is 2.62. The lowest BCUT2D eigenvalue weighted by Gasteiger charge is -2.19. The minimum atomic E-state index is -1.25. The molecule has 26 heavy (non-hydrogen) atoms. The number of furan rings is 1. The van der Waals surface area contributed by atoms with Crippen molar-refractivity contribution in [1.29, 1.82) is 0 Å². The van der Waals surface area contributed by atoms with Crippen LogP contribution < -0.4 is 4.90 Å². The number of aromatic nitrogens is 1. The maximum Gasteiger partial charge on any atom is 0.345 e. The fraction of sp³-hybridized carbons (Fsp3) is 0.278. The molecule has 0 fully saturated rings. The molecule has 0 radical (unpaired) electrons. The summed E-state index contributed by atoms with van der Waals surface area (Å²) in [7, 11) is 5.57. The van der Waals surface area contributed by atoms with Crippen molar-refractivity contribution in [3.05, 3.63) is 35.2 Å². The zero-order valence-electron chi connectivity index (χ0n) is 14.8. The van der Waals surface area contributed by atoms with Gasteiger partial charge in [-0.25, -0.2) is 14.8 Å². The van der Waals surface area contributed by atoms with Crippen LogP contribution in [0.3, 0.4) is 0 Å². The van der Waals surface area contributed by atoms with Gasteiger partial charge in [-0.3, -0.25) is 0 Å². The van der Waals surface area contributed by atoms with Crippen LogP contribution in [0.4, 0.5) is 11.7 Å². The Morgan fingerprint density at radius 3 is 2.77 bits per heavy atom. The second-order valence-electron chi connectivity index (χ2n) is 6.26. The van der Waals surface area contributed by atoms with Gasteiger partial charge in [-0.05, 0) is 32.3 Å². The number of pyridine rings is 1.